The smallest absolute Gasteiger partial charge is 0.265 e. The number of rotatable bonds is 6. The highest BCUT2D eigenvalue weighted by atomic mass is 32.2. The van der Waals surface area contributed by atoms with Crippen molar-refractivity contribution in [2.75, 3.05) is 11.3 Å². The molecule has 0 radical (unpaired) electrons. The molecule has 1 aromatic carbocycles. The van der Waals surface area contributed by atoms with E-state index in [1.807, 2.05) is 13.0 Å². The molecule has 0 saturated carbocycles. The van der Waals surface area contributed by atoms with Crippen LogP contribution in [0.3, 0.4) is 0 Å². The molecule has 7 heteroatoms. The second kappa shape index (κ2) is 6.39. The highest BCUT2D eigenvalue weighted by Gasteiger charge is 2.24. The van der Waals surface area contributed by atoms with Gasteiger partial charge in [0.2, 0.25) is 0 Å². The molecule has 0 bridgehead atoms. The van der Waals surface area contributed by atoms with Gasteiger partial charge in [-0.3, -0.25) is 9.40 Å². The van der Waals surface area contributed by atoms with E-state index in [0.29, 0.717) is 29.4 Å². The number of aromatic nitrogens is 2. The second-order valence-electron chi connectivity index (χ2n) is 5.07. The van der Waals surface area contributed by atoms with Crippen molar-refractivity contribution in [3.8, 4) is 5.75 Å². The summed E-state index contributed by atoms with van der Waals surface area (Å²) in [6, 6.07) is 7.00. The molecule has 1 N–H and O–H groups in total. The van der Waals surface area contributed by atoms with Crippen molar-refractivity contribution in [1.29, 1.82) is 0 Å². The topological polar surface area (TPSA) is 73.2 Å². The van der Waals surface area contributed by atoms with Crippen LogP contribution in [-0.4, -0.2) is 24.8 Å². The number of sulfonamides is 1. The molecule has 0 amide bonds. The fourth-order valence-electron chi connectivity index (χ4n) is 2.23. The maximum atomic E-state index is 12.7. The fraction of sp³-hybridized carbons (Fsp3) is 0.400. The summed E-state index contributed by atoms with van der Waals surface area (Å²) in [6.07, 6.45) is 0.849. The van der Waals surface area contributed by atoms with Crippen LogP contribution in [0, 0.1) is 13.8 Å². The number of benzene rings is 1. The number of ether oxygens (including phenoxy) is 1. The first kappa shape index (κ1) is 16.4. The average molecular weight is 323 g/mol. The highest BCUT2D eigenvalue weighted by Crippen LogP contribution is 2.28. The van der Waals surface area contributed by atoms with Crippen molar-refractivity contribution < 1.29 is 13.2 Å². The van der Waals surface area contributed by atoms with Crippen LogP contribution in [0.1, 0.15) is 24.7 Å². The molecule has 22 heavy (non-hydrogen) atoms. The lowest BCUT2D eigenvalue weighted by molar-refractivity contribution is 0.319. The molecule has 0 unspecified atom stereocenters. The van der Waals surface area contributed by atoms with E-state index in [0.717, 1.165) is 6.42 Å². The van der Waals surface area contributed by atoms with E-state index in [4.69, 9.17) is 4.74 Å². The minimum absolute atomic E-state index is 0.209. The second-order valence-corrected chi connectivity index (χ2v) is 6.69. The quantitative estimate of drug-likeness (QED) is 0.887. The first-order chi connectivity index (χ1) is 10.4. The van der Waals surface area contributed by atoms with Crippen molar-refractivity contribution in [1.82, 2.24) is 9.78 Å². The lowest BCUT2D eigenvalue weighted by Gasteiger charge is -2.13. The molecule has 0 aliphatic heterocycles. The van der Waals surface area contributed by atoms with Crippen LogP contribution >= 0.6 is 0 Å². The van der Waals surface area contributed by atoms with Gasteiger partial charge in [-0.2, -0.15) is 5.10 Å². The van der Waals surface area contributed by atoms with Crippen LogP contribution in [-0.2, 0) is 17.1 Å². The zero-order valence-corrected chi connectivity index (χ0v) is 14.1. The first-order valence-electron chi connectivity index (χ1n) is 7.11. The fourth-order valence-corrected chi connectivity index (χ4v) is 3.74. The summed E-state index contributed by atoms with van der Waals surface area (Å²) < 4.78 is 35.1. The SMILES string of the molecule is CCCOc1ccccc1NS(=O)(=O)c1c(C)nn(C)c1C. The maximum absolute atomic E-state index is 12.7. The van der Waals surface area contributed by atoms with E-state index >= 15 is 0 Å². The van der Waals surface area contributed by atoms with Crippen LogP contribution in [0.5, 0.6) is 5.75 Å². The predicted molar refractivity (Wildman–Crippen MR) is 85.7 cm³/mol. The Balaban J connectivity index is 2.37. The molecule has 1 aromatic heterocycles. The lowest BCUT2D eigenvalue weighted by atomic mass is 10.3. The van der Waals surface area contributed by atoms with Gasteiger partial charge in [0, 0.05) is 7.05 Å². The standard InChI is InChI=1S/C15H21N3O3S/c1-5-10-21-14-9-7-6-8-13(14)17-22(19,20)15-11(2)16-18(4)12(15)3/h6-9,17H,5,10H2,1-4H3. The zero-order chi connectivity index (χ0) is 16.3. The van der Waals surface area contributed by atoms with Gasteiger partial charge in [-0.1, -0.05) is 19.1 Å². The van der Waals surface area contributed by atoms with Gasteiger partial charge >= 0.3 is 0 Å². The Bertz CT molecular complexity index is 766. The highest BCUT2D eigenvalue weighted by molar-refractivity contribution is 7.92. The van der Waals surface area contributed by atoms with E-state index in [1.165, 1.54) is 0 Å². The van der Waals surface area contributed by atoms with Gasteiger partial charge in [-0.05, 0) is 32.4 Å². The summed E-state index contributed by atoms with van der Waals surface area (Å²) in [5, 5.41) is 4.16. The van der Waals surface area contributed by atoms with Crippen molar-refractivity contribution in [3.63, 3.8) is 0 Å². The summed E-state index contributed by atoms with van der Waals surface area (Å²) in [4.78, 5) is 0.209. The molecule has 120 valence electrons. The van der Waals surface area contributed by atoms with Gasteiger partial charge in [0.1, 0.15) is 10.6 Å². The minimum Gasteiger partial charge on any atom is -0.491 e. The Kier molecular flexibility index (Phi) is 4.75. The third-order valence-corrected chi connectivity index (χ3v) is 4.92. The normalized spacial score (nSPS) is 11.5. The molecule has 0 spiro atoms. The minimum atomic E-state index is -3.71. The summed E-state index contributed by atoms with van der Waals surface area (Å²) in [5.74, 6) is 0.520. The van der Waals surface area contributed by atoms with Crippen LogP contribution < -0.4 is 9.46 Å². The van der Waals surface area contributed by atoms with Crippen LogP contribution in [0.4, 0.5) is 5.69 Å². The molecular weight excluding hydrogens is 302 g/mol. The van der Waals surface area contributed by atoms with Crippen LogP contribution in [0.2, 0.25) is 0 Å². The average Bonchev–Trinajstić information content (AvgIpc) is 2.71. The maximum Gasteiger partial charge on any atom is 0.265 e. The summed E-state index contributed by atoms with van der Waals surface area (Å²) >= 11 is 0. The Morgan fingerprint density at radius 3 is 2.55 bits per heavy atom. The van der Waals surface area contributed by atoms with Gasteiger partial charge in [-0.15, -0.1) is 0 Å². The lowest BCUT2D eigenvalue weighted by Crippen LogP contribution is -2.15. The molecule has 0 saturated heterocycles. The Morgan fingerprint density at radius 1 is 1.27 bits per heavy atom. The zero-order valence-electron chi connectivity index (χ0n) is 13.3. The van der Waals surface area contributed by atoms with Gasteiger partial charge in [-0.25, -0.2) is 8.42 Å². The van der Waals surface area contributed by atoms with E-state index < -0.39 is 10.0 Å². The van der Waals surface area contributed by atoms with Crippen molar-refractivity contribution in [2.45, 2.75) is 32.1 Å². The Labute approximate surface area is 131 Å². The van der Waals surface area contributed by atoms with Crippen molar-refractivity contribution in [3.05, 3.63) is 35.7 Å². The molecule has 6 nitrogen and oxygen atoms in total. The number of nitrogens with one attached hydrogen (secondary N) is 1. The molecule has 2 rings (SSSR count). The molecule has 0 aliphatic rings. The molecule has 0 aliphatic carbocycles. The largest absolute Gasteiger partial charge is 0.491 e. The van der Waals surface area contributed by atoms with E-state index in [9.17, 15) is 8.42 Å². The number of aryl methyl sites for hydroxylation is 2. The molecule has 2 aromatic rings. The summed E-state index contributed by atoms with van der Waals surface area (Å²) in [6.45, 7) is 5.94. The Hall–Kier alpha value is -2.02. The summed E-state index contributed by atoms with van der Waals surface area (Å²) in [7, 11) is -1.99. The number of hydrogen-bond donors (Lipinski definition) is 1. The first-order valence-corrected chi connectivity index (χ1v) is 8.60. The van der Waals surface area contributed by atoms with Crippen molar-refractivity contribution in [2.24, 2.45) is 7.05 Å². The Morgan fingerprint density at radius 2 is 1.95 bits per heavy atom. The third kappa shape index (κ3) is 3.24. The van der Waals surface area contributed by atoms with Crippen LogP contribution in [0.25, 0.3) is 0 Å². The predicted octanol–water partition coefficient (Wildman–Crippen LogP) is 2.63. The van der Waals surface area contributed by atoms with Gasteiger partial charge < -0.3 is 4.74 Å². The van der Waals surface area contributed by atoms with Gasteiger partial charge in [0.25, 0.3) is 10.0 Å². The molecule has 0 fully saturated rings. The van der Waals surface area contributed by atoms with Gasteiger partial charge in [0.05, 0.1) is 23.7 Å². The third-order valence-electron chi connectivity index (χ3n) is 3.30. The van der Waals surface area contributed by atoms with E-state index in [2.05, 4.69) is 9.82 Å². The number of nitrogens with zero attached hydrogens (tertiary/aromatic N) is 2. The molecule has 1 heterocycles. The monoisotopic (exact) mass is 323 g/mol. The van der Waals surface area contributed by atoms with Crippen LogP contribution in [0.15, 0.2) is 29.2 Å². The molecular formula is C15H21N3O3S. The van der Waals surface area contributed by atoms with E-state index in [1.54, 1.807) is 43.8 Å². The van der Waals surface area contributed by atoms with Gasteiger partial charge in [0.15, 0.2) is 0 Å². The molecule has 0 atom stereocenters. The van der Waals surface area contributed by atoms with E-state index in [-0.39, 0.29) is 4.90 Å². The number of anilines is 1. The van der Waals surface area contributed by atoms with Crippen molar-refractivity contribution >= 4 is 15.7 Å². The number of hydrogen-bond acceptors (Lipinski definition) is 4. The summed E-state index contributed by atoms with van der Waals surface area (Å²) in [5.41, 5.74) is 1.50. The number of para-hydroxylation sites is 2.